The van der Waals surface area contributed by atoms with Crippen LogP contribution in [0.3, 0.4) is 0 Å². The average molecular weight is 311 g/mol. The van der Waals surface area contributed by atoms with Crippen LogP contribution < -0.4 is 5.32 Å². The standard InChI is InChI=1S/C14H19BrN2O/c1-10-4-5-12(15)11(8-10)13(18)17-7-6-16-9-14(17,2)3/h4-5,8,16H,6-7,9H2,1-3H3. The minimum atomic E-state index is -0.140. The second-order valence-corrected chi connectivity index (χ2v) is 6.28. The molecule has 1 amide bonds. The summed E-state index contributed by atoms with van der Waals surface area (Å²) in [5, 5.41) is 3.33. The first-order chi connectivity index (χ1) is 8.42. The molecule has 1 aromatic rings. The van der Waals surface area contributed by atoms with Crippen LogP contribution in [0, 0.1) is 6.92 Å². The maximum absolute atomic E-state index is 12.7. The molecule has 0 aromatic heterocycles. The van der Waals surface area contributed by atoms with Crippen molar-refractivity contribution in [1.82, 2.24) is 10.2 Å². The van der Waals surface area contributed by atoms with Gasteiger partial charge in [-0.1, -0.05) is 11.6 Å². The van der Waals surface area contributed by atoms with E-state index in [4.69, 9.17) is 0 Å². The molecule has 0 atom stereocenters. The predicted octanol–water partition coefficient (Wildman–Crippen LogP) is 2.58. The minimum Gasteiger partial charge on any atom is -0.331 e. The van der Waals surface area contributed by atoms with E-state index in [1.807, 2.05) is 30.0 Å². The molecule has 0 saturated carbocycles. The van der Waals surface area contributed by atoms with Crippen molar-refractivity contribution < 1.29 is 4.79 Å². The number of aryl methyl sites for hydroxylation is 1. The summed E-state index contributed by atoms with van der Waals surface area (Å²) in [4.78, 5) is 14.6. The molecule has 2 rings (SSSR count). The zero-order valence-electron chi connectivity index (χ0n) is 11.1. The largest absolute Gasteiger partial charge is 0.331 e. The molecule has 1 saturated heterocycles. The molecular weight excluding hydrogens is 292 g/mol. The third-order valence-corrected chi connectivity index (χ3v) is 4.09. The lowest BCUT2D eigenvalue weighted by Crippen LogP contribution is -2.59. The van der Waals surface area contributed by atoms with Gasteiger partial charge in [-0.3, -0.25) is 4.79 Å². The maximum Gasteiger partial charge on any atom is 0.255 e. The highest BCUT2D eigenvalue weighted by atomic mass is 79.9. The molecule has 0 unspecified atom stereocenters. The molecule has 1 heterocycles. The van der Waals surface area contributed by atoms with Gasteiger partial charge in [0.1, 0.15) is 0 Å². The van der Waals surface area contributed by atoms with Gasteiger partial charge >= 0.3 is 0 Å². The van der Waals surface area contributed by atoms with Crippen LogP contribution in [0.2, 0.25) is 0 Å². The van der Waals surface area contributed by atoms with Gasteiger partial charge in [-0.15, -0.1) is 0 Å². The molecule has 1 aromatic carbocycles. The van der Waals surface area contributed by atoms with Crippen LogP contribution in [0.25, 0.3) is 0 Å². The molecular formula is C14H19BrN2O. The number of hydrogen-bond acceptors (Lipinski definition) is 2. The maximum atomic E-state index is 12.7. The highest BCUT2D eigenvalue weighted by Crippen LogP contribution is 2.24. The van der Waals surface area contributed by atoms with E-state index in [1.165, 1.54) is 0 Å². The molecule has 0 radical (unpaired) electrons. The SMILES string of the molecule is Cc1ccc(Br)c(C(=O)N2CCNCC2(C)C)c1. The number of rotatable bonds is 1. The van der Waals surface area contributed by atoms with Gasteiger partial charge in [0.15, 0.2) is 0 Å². The highest BCUT2D eigenvalue weighted by molar-refractivity contribution is 9.10. The first-order valence-corrected chi connectivity index (χ1v) is 7.00. The quantitative estimate of drug-likeness (QED) is 0.864. The van der Waals surface area contributed by atoms with Crippen LogP contribution in [0.5, 0.6) is 0 Å². The van der Waals surface area contributed by atoms with E-state index < -0.39 is 0 Å². The number of benzene rings is 1. The van der Waals surface area contributed by atoms with Gasteiger partial charge in [-0.05, 0) is 48.8 Å². The fourth-order valence-electron chi connectivity index (χ4n) is 2.31. The van der Waals surface area contributed by atoms with Crippen molar-refractivity contribution in [3.63, 3.8) is 0 Å². The first kappa shape index (κ1) is 13.6. The van der Waals surface area contributed by atoms with Crippen LogP contribution in [-0.2, 0) is 0 Å². The normalized spacial score (nSPS) is 18.8. The molecule has 98 valence electrons. The first-order valence-electron chi connectivity index (χ1n) is 6.21. The Kier molecular flexibility index (Phi) is 3.78. The van der Waals surface area contributed by atoms with E-state index in [0.717, 1.165) is 35.2 Å². The number of hydrogen-bond donors (Lipinski definition) is 1. The number of carbonyl (C=O) groups is 1. The summed E-state index contributed by atoms with van der Waals surface area (Å²) in [6, 6.07) is 5.89. The van der Waals surface area contributed by atoms with Crippen molar-refractivity contribution >= 4 is 21.8 Å². The molecule has 4 heteroatoms. The van der Waals surface area contributed by atoms with Gasteiger partial charge in [0.25, 0.3) is 5.91 Å². The molecule has 1 aliphatic rings. The van der Waals surface area contributed by atoms with E-state index in [2.05, 4.69) is 35.1 Å². The van der Waals surface area contributed by atoms with Gasteiger partial charge in [-0.25, -0.2) is 0 Å². The summed E-state index contributed by atoms with van der Waals surface area (Å²) in [5.74, 6) is 0.108. The number of halogens is 1. The van der Waals surface area contributed by atoms with Crippen molar-refractivity contribution in [2.75, 3.05) is 19.6 Å². The number of amides is 1. The van der Waals surface area contributed by atoms with Crippen molar-refractivity contribution in [3.8, 4) is 0 Å². The van der Waals surface area contributed by atoms with Gasteiger partial charge in [0, 0.05) is 24.1 Å². The van der Waals surface area contributed by atoms with Crippen molar-refractivity contribution in [3.05, 3.63) is 33.8 Å². The Morgan fingerprint density at radius 2 is 2.17 bits per heavy atom. The topological polar surface area (TPSA) is 32.3 Å². The number of carbonyl (C=O) groups excluding carboxylic acids is 1. The second kappa shape index (κ2) is 5.02. The van der Waals surface area contributed by atoms with Gasteiger partial charge in [-0.2, -0.15) is 0 Å². The Balaban J connectivity index is 2.33. The summed E-state index contributed by atoms with van der Waals surface area (Å²) in [7, 11) is 0. The summed E-state index contributed by atoms with van der Waals surface area (Å²) >= 11 is 3.47. The van der Waals surface area contributed by atoms with Crippen LogP contribution in [-0.4, -0.2) is 36.0 Å². The third-order valence-electron chi connectivity index (χ3n) is 3.40. The lowest BCUT2D eigenvalue weighted by atomic mass is 9.98. The lowest BCUT2D eigenvalue weighted by Gasteiger charge is -2.43. The van der Waals surface area contributed by atoms with E-state index in [-0.39, 0.29) is 11.4 Å². The molecule has 0 bridgehead atoms. The fraction of sp³-hybridized carbons (Fsp3) is 0.500. The van der Waals surface area contributed by atoms with E-state index >= 15 is 0 Å². The molecule has 0 spiro atoms. The monoisotopic (exact) mass is 310 g/mol. The summed E-state index contributed by atoms with van der Waals surface area (Å²) < 4.78 is 0.868. The van der Waals surface area contributed by atoms with Crippen LogP contribution >= 0.6 is 15.9 Å². The third kappa shape index (κ3) is 2.59. The zero-order valence-corrected chi connectivity index (χ0v) is 12.7. The Labute approximate surface area is 117 Å². The van der Waals surface area contributed by atoms with Gasteiger partial charge < -0.3 is 10.2 Å². The summed E-state index contributed by atoms with van der Waals surface area (Å²) in [5.41, 5.74) is 1.72. The van der Waals surface area contributed by atoms with Crippen molar-refractivity contribution in [2.45, 2.75) is 26.3 Å². The van der Waals surface area contributed by atoms with Crippen molar-refractivity contribution in [2.24, 2.45) is 0 Å². The Morgan fingerprint density at radius 1 is 1.44 bits per heavy atom. The van der Waals surface area contributed by atoms with Crippen LogP contribution in [0.4, 0.5) is 0 Å². The molecule has 3 nitrogen and oxygen atoms in total. The smallest absolute Gasteiger partial charge is 0.255 e. The molecule has 1 N–H and O–H groups in total. The predicted molar refractivity (Wildman–Crippen MR) is 76.9 cm³/mol. The van der Waals surface area contributed by atoms with Crippen molar-refractivity contribution in [1.29, 1.82) is 0 Å². The van der Waals surface area contributed by atoms with Crippen LogP contribution in [0.15, 0.2) is 22.7 Å². The van der Waals surface area contributed by atoms with Gasteiger partial charge in [0.05, 0.1) is 11.1 Å². The number of piperazine rings is 1. The van der Waals surface area contributed by atoms with Gasteiger partial charge in [0.2, 0.25) is 0 Å². The lowest BCUT2D eigenvalue weighted by molar-refractivity contribution is 0.0476. The Morgan fingerprint density at radius 3 is 2.83 bits per heavy atom. The minimum absolute atomic E-state index is 0.108. The molecule has 1 aliphatic heterocycles. The molecule has 18 heavy (non-hydrogen) atoms. The summed E-state index contributed by atoms with van der Waals surface area (Å²) in [6.45, 7) is 8.65. The molecule has 0 aliphatic carbocycles. The Hall–Kier alpha value is -0.870. The number of nitrogens with one attached hydrogen (secondary N) is 1. The van der Waals surface area contributed by atoms with E-state index in [1.54, 1.807) is 0 Å². The Bertz CT molecular complexity index is 471. The highest BCUT2D eigenvalue weighted by Gasteiger charge is 2.34. The average Bonchev–Trinajstić information content (AvgIpc) is 2.31. The molecule has 1 fully saturated rings. The fourth-order valence-corrected chi connectivity index (χ4v) is 2.72. The summed E-state index contributed by atoms with van der Waals surface area (Å²) in [6.07, 6.45) is 0. The number of nitrogens with zero attached hydrogens (tertiary/aromatic N) is 1. The zero-order chi connectivity index (χ0) is 13.3. The second-order valence-electron chi connectivity index (χ2n) is 5.43. The van der Waals surface area contributed by atoms with E-state index in [0.29, 0.717) is 0 Å². The van der Waals surface area contributed by atoms with Crippen LogP contribution in [0.1, 0.15) is 29.8 Å². The van der Waals surface area contributed by atoms with E-state index in [9.17, 15) is 4.79 Å².